The van der Waals surface area contributed by atoms with Crippen LogP contribution < -0.4 is 20.4 Å². The number of hydrogen-bond donors (Lipinski definition) is 2. The third kappa shape index (κ3) is 6.98. The van der Waals surface area contributed by atoms with Gasteiger partial charge in [0.25, 0.3) is 12.3 Å². The zero-order chi connectivity index (χ0) is 39.7. The van der Waals surface area contributed by atoms with Gasteiger partial charge < -0.3 is 19.9 Å². The van der Waals surface area contributed by atoms with Crippen LogP contribution in [0.2, 0.25) is 5.02 Å². The molecule has 306 valence electrons. The van der Waals surface area contributed by atoms with Crippen LogP contribution in [0.25, 0.3) is 5.65 Å². The zero-order valence-corrected chi connectivity index (χ0v) is 32.7. The van der Waals surface area contributed by atoms with E-state index in [-0.39, 0.29) is 41.3 Å². The average molecular weight is 818 g/mol. The van der Waals surface area contributed by atoms with Gasteiger partial charge in [0.15, 0.2) is 11.3 Å². The summed E-state index contributed by atoms with van der Waals surface area (Å²) in [7, 11) is 0. The molecule has 58 heavy (non-hydrogen) atoms. The lowest BCUT2D eigenvalue weighted by molar-refractivity contribution is -0.134. The van der Waals surface area contributed by atoms with Gasteiger partial charge in [0.2, 0.25) is 11.8 Å². The summed E-state index contributed by atoms with van der Waals surface area (Å²) >= 11 is 6.64. The SMILES string of the molecule is O=C1CCC(c2ccc(N3CC(N4CCN(C5CCC(n6cc(NC(=O)c7cnn8ccc(N9C[C@H]%10C[C@@H]9CO%10)nc78)c(C(F)F)n6)CC5)CC4)C3)cc2Cl)C(=O)N1. The number of carbonyl (C=O) groups excluding carboxylic acids is 3. The Labute approximate surface area is 338 Å². The highest BCUT2D eigenvalue weighted by Gasteiger charge is 2.40. The summed E-state index contributed by atoms with van der Waals surface area (Å²) in [6.45, 7) is 7.18. The number of fused-ring (bicyclic) bond motifs is 3. The van der Waals surface area contributed by atoms with Gasteiger partial charge in [-0.15, -0.1) is 0 Å². The highest BCUT2D eigenvalue weighted by Crippen LogP contribution is 2.37. The van der Waals surface area contributed by atoms with Crippen LogP contribution in [-0.4, -0.2) is 129 Å². The number of imide groups is 1. The molecule has 1 aromatic carbocycles. The van der Waals surface area contributed by atoms with Crippen LogP contribution in [0.3, 0.4) is 0 Å². The Morgan fingerprint density at radius 1 is 0.948 bits per heavy atom. The van der Waals surface area contributed by atoms with Crippen molar-refractivity contribution in [2.75, 3.05) is 67.5 Å². The molecule has 3 atom stereocenters. The summed E-state index contributed by atoms with van der Waals surface area (Å²) in [6.07, 6.45) is 7.33. The Morgan fingerprint density at radius 3 is 2.40 bits per heavy atom. The Bertz CT molecular complexity index is 2230. The Hall–Kier alpha value is -4.71. The van der Waals surface area contributed by atoms with Gasteiger partial charge in [-0.3, -0.25) is 34.2 Å². The smallest absolute Gasteiger partial charge is 0.284 e. The Kier molecular flexibility index (Phi) is 9.81. The summed E-state index contributed by atoms with van der Waals surface area (Å²) in [6, 6.07) is 8.86. The van der Waals surface area contributed by atoms with Crippen LogP contribution >= 0.6 is 11.6 Å². The van der Waals surface area contributed by atoms with Crippen LogP contribution in [0.1, 0.15) is 84.9 Å². The number of hydrogen-bond acceptors (Lipinski definition) is 11. The highest BCUT2D eigenvalue weighted by molar-refractivity contribution is 6.32. The van der Waals surface area contributed by atoms with Crippen LogP contribution in [0, 0.1) is 0 Å². The molecule has 0 spiro atoms. The molecule has 6 fully saturated rings. The van der Waals surface area contributed by atoms with Crippen LogP contribution in [0.5, 0.6) is 0 Å². The number of halogens is 3. The monoisotopic (exact) mass is 817 g/mol. The summed E-state index contributed by atoms with van der Waals surface area (Å²) in [5, 5.41) is 14.3. The van der Waals surface area contributed by atoms with Gasteiger partial charge in [0, 0.05) is 87.4 Å². The second kappa shape index (κ2) is 15.1. The molecule has 2 bridgehead atoms. The summed E-state index contributed by atoms with van der Waals surface area (Å²) in [5.74, 6) is -0.745. The van der Waals surface area contributed by atoms with Crippen LogP contribution in [-0.2, 0) is 14.3 Å². The molecular formula is C40H46ClF2N11O4. The number of ether oxygens (including phenoxy) is 1. The van der Waals surface area contributed by atoms with Crippen molar-refractivity contribution in [3.63, 3.8) is 0 Å². The van der Waals surface area contributed by atoms with Crippen molar-refractivity contribution in [1.82, 2.24) is 39.5 Å². The van der Waals surface area contributed by atoms with E-state index in [9.17, 15) is 23.2 Å². The molecular weight excluding hydrogens is 772 g/mol. The highest BCUT2D eigenvalue weighted by atomic mass is 35.5. The van der Waals surface area contributed by atoms with E-state index in [0.717, 1.165) is 95.0 Å². The molecule has 10 rings (SSSR count). The van der Waals surface area contributed by atoms with Crippen molar-refractivity contribution in [3.8, 4) is 0 Å². The number of piperazine rings is 1. The van der Waals surface area contributed by atoms with Crippen molar-refractivity contribution in [2.24, 2.45) is 0 Å². The number of anilines is 3. The van der Waals surface area contributed by atoms with Gasteiger partial charge in [-0.25, -0.2) is 18.3 Å². The summed E-state index contributed by atoms with van der Waals surface area (Å²) in [5.41, 5.74) is 1.93. The largest absolute Gasteiger partial charge is 0.374 e. The predicted molar refractivity (Wildman–Crippen MR) is 211 cm³/mol. The van der Waals surface area contributed by atoms with Gasteiger partial charge in [0.05, 0.1) is 42.6 Å². The first kappa shape index (κ1) is 37.6. The molecule has 15 nitrogen and oxygen atoms in total. The molecule has 1 saturated carbocycles. The lowest BCUT2D eigenvalue weighted by Crippen LogP contribution is -2.64. The first-order valence-corrected chi connectivity index (χ1v) is 20.8. The number of nitrogens with zero attached hydrogens (tertiary/aromatic N) is 9. The number of amides is 3. The van der Waals surface area contributed by atoms with Crippen molar-refractivity contribution < 1.29 is 27.9 Å². The fourth-order valence-corrected chi connectivity index (χ4v) is 10.2. The van der Waals surface area contributed by atoms with Crippen LogP contribution in [0.4, 0.5) is 26.0 Å². The molecule has 5 saturated heterocycles. The fraction of sp³-hybridized carbons (Fsp3) is 0.550. The van der Waals surface area contributed by atoms with Gasteiger partial charge in [-0.05, 0) is 62.3 Å². The molecule has 3 amide bonds. The number of morpholine rings is 1. The van der Waals surface area contributed by atoms with E-state index in [4.69, 9.17) is 21.3 Å². The lowest BCUT2D eigenvalue weighted by atomic mass is 9.89. The maximum Gasteiger partial charge on any atom is 0.284 e. The minimum absolute atomic E-state index is 0.00430. The van der Waals surface area contributed by atoms with Crippen molar-refractivity contribution in [3.05, 3.63) is 64.7 Å². The van der Waals surface area contributed by atoms with Crippen molar-refractivity contribution >= 4 is 52.2 Å². The van der Waals surface area contributed by atoms with Gasteiger partial charge in [0.1, 0.15) is 11.4 Å². The normalized spacial score (nSPS) is 27.1. The molecule has 3 aromatic heterocycles. The maximum atomic E-state index is 14.3. The molecule has 4 aromatic rings. The predicted octanol–water partition coefficient (Wildman–Crippen LogP) is 4.26. The first-order chi connectivity index (χ1) is 28.1. The minimum atomic E-state index is -2.85. The summed E-state index contributed by atoms with van der Waals surface area (Å²) < 4.78 is 37.4. The van der Waals surface area contributed by atoms with E-state index >= 15 is 0 Å². The van der Waals surface area contributed by atoms with E-state index in [1.54, 1.807) is 17.1 Å². The van der Waals surface area contributed by atoms with E-state index in [1.165, 1.54) is 10.7 Å². The second-order valence-corrected chi connectivity index (χ2v) is 17.0. The van der Waals surface area contributed by atoms with E-state index < -0.39 is 23.9 Å². The lowest BCUT2D eigenvalue weighted by Gasteiger charge is -2.50. The van der Waals surface area contributed by atoms with Gasteiger partial charge in [-0.1, -0.05) is 17.7 Å². The molecule has 2 N–H and O–H groups in total. The maximum absolute atomic E-state index is 14.3. The molecule has 8 heterocycles. The van der Waals surface area contributed by atoms with Gasteiger partial charge in [-0.2, -0.15) is 10.2 Å². The number of aromatic nitrogens is 5. The third-order valence-electron chi connectivity index (χ3n) is 13.3. The third-order valence-corrected chi connectivity index (χ3v) is 13.6. The Balaban J connectivity index is 0.711. The van der Waals surface area contributed by atoms with Crippen molar-refractivity contribution in [2.45, 2.75) is 87.6 Å². The average Bonchev–Trinajstić information content (AvgIpc) is 4.03. The summed E-state index contributed by atoms with van der Waals surface area (Å²) in [4.78, 5) is 51.9. The molecule has 6 aliphatic rings. The minimum Gasteiger partial charge on any atom is -0.374 e. The quantitative estimate of drug-likeness (QED) is 0.234. The van der Waals surface area contributed by atoms with Crippen molar-refractivity contribution in [1.29, 1.82) is 0 Å². The number of rotatable bonds is 9. The number of carbonyl (C=O) groups is 3. The molecule has 1 unspecified atom stereocenters. The molecule has 0 radical (unpaired) electrons. The van der Waals surface area contributed by atoms with E-state index in [0.29, 0.717) is 42.2 Å². The molecule has 18 heteroatoms. The number of alkyl halides is 2. The van der Waals surface area contributed by atoms with E-state index in [1.807, 2.05) is 24.3 Å². The molecule has 5 aliphatic heterocycles. The number of nitrogens with one attached hydrogen (secondary N) is 2. The number of benzene rings is 1. The Morgan fingerprint density at radius 2 is 1.71 bits per heavy atom. The van der Waals surface area contributed by atoms with Gasteiger partial charge >= 0.3 is 0 Å². The standard InChI is InChI=1S/C40H46ClF2N11O4/c41-32-16-25(5-6-29(32)30-7-8-35(55)47-39(30)56)51-18-27(19-51)50-13-11-49(12-14-50)23-1-3-24(4-2-23)54-21-33(36(48-54)37(42)43)45-40(57)31-17-44-53-10-9-34(46-38(31)53)52-20-28-15-26(52)22-58-28/h5-6,9-10,16-17,21,23-24,26-28,30,37H,1-4,7-8,11-15,18-20,22H2,(H,45,57)(H,47,55,56)/t23?,24?,26-,28-,30?/m1/s1. The topological polar surface area (TPSA) is 145 Å². The zero-order valence-electron chi connectivity index (χ0n) is 32.0. The number of piperidine rings is 1. The van der Waals surface area contributed by atoms with E-state index in [2.05, 4.69) is 40.4 Å². The molecule has 1 aliphatic carbocycles. The first-order valence-electron chi connectivity index (χ1n) is 20.4. The second-order valence-electron chi connectivity index (χ2n) is 16.6. The fourth-order valence-electron chi connectivity index (χ4n) is 9.94. The van der Waals surface area contributed by atoms with Crippen LogP contribution in [0.15, 0.2) is 42.9 Å².